The number of carbonyl (C=O) groups excluding carboxylic acids is 2. The Morgan fingerprint density at radius 2 is 1.74 bits per heavy atom. The van der Waals surface area contributed by atoms with Crippen molar-refractivity contribution in [1.29, 1.82) is 0 Å². The van der Waals surface area contributed by atoms with Gasteiger partial charge in [-0.2, -0.15) is 0 Å². The largest absolute Gasteiger partial charge is 0.494 e. The Balaban J connectivity index is 1.40. The van der Waals surface area contributed by atoms with Crippen molar-refractivity contribution in [2.45, 2.75) is 12.8 Å². The minimum absolute atomic E-state index is 0.221. The molecule has 3 aromatic rings. The van der Waals surface area contributed by atoms with Crippen LogP contribution in [-0.2, 0) is 4.79 Å². The van der Waals surface area contributed by atoms with E-state index in [2.05, 4.69) is 15.8 Å². The van der Waals surface area contributed by atoms with Crippen LogP contribution in [0.1, 0.15) is 23.3 Å². The summed E-state index contributed by atoms with van der Waals surface area (Å²) in [5.41, 5.74) is 5.71. The quantitative estimate of drug-likeness (QED) is 0.504. The SMILES string of the molecule is O=C(CCCOc1ccc(Cl)cc1)NNC(=O)c1ccc2ccccc2n1. The van der Waals surface area contributed by atoms with Crippen molar-refractivity contribution in [2.75, 3.05) is 6.61 Å². The van der Waals surface area contributed by atoms with Crippen LogP contribution >= 0.6 is 11.6 Å². The van der Waals surface area contributed by atoms with Gasteiger partial charge in [0.15, 0.2) is 0 Å². The number of hydrogen-bond acceptors (Lipinski definition) is 4. The van der Waals surface area contributed by atoms with E-state index in [0.29, 0.717) is 23.8 Å². The first kappa shape index (κ1) is 18.7. The highest BCUT2D eigenvalue weighted by Gasteiger charge is 2.09. The van der Waals surface area contributed by atoms with E-state index in [1.807, 2.05) is 30.3 Å². The summed E-state index contributed by atoms with van der Waals surface area (Å²) < 4.78 is 5.51. The summed E-state index contributed by atoms with van der Waals surface area (Å²) in [5, 5.41) is 1.58. The van der Waals surface area contributed by atoms with E-state index >= 15 is 0 Å². The average molecular weight is 384 g/mol. The molecule has 138 valence electrons. The van der Waals surface area contributed by atoms with E-state index in [9.17, 15) is 9.59 Å². The van der Waals surface area contributed by atoms with Gasteiger partial charge in [0.25, 0.3) is 5.91 Å². The highest BCUT2D eigenvalue weighted by molar-refractivity contribution is 6.30. The number of para-hydroxylation sites is 1. The first-order valence-electron chi connectivity index (χ1n) is 8.45. The third-order valence-corrected chi connectivity index (χ3v) is 4.03. The fourth-order valence-electron chi connectivity index (χ4n) is 2.40. The number of nitrogens with one attached hydrogen (secondary N) is 2. The number of aromatic nitrogens is 1. The van der Waals surface area contributed by atoms with Gasteiger partial charge in [-0.05, 0) is 42.8 Å². The molecule has 0 saturated carbocycles. The number of amides is 2. The fourth-order valence-corrected chi connectivity index (χ4v) is 2.53. The number of nitrogens with zero attached hydrogens (tertiary/aromatic N) is 1. The molecular formula is C20H18ClN3O3. The van der Waals surface area contributed by atoms with Crippen LogP contribution in [-0.4, -0.2) is 23.4 Å². The van der Waals surface area contributed by atoms with Gasteiger partial charge in [0.05, 0.1) is 12.1 Å². The van der Waals surface area contributed by atoms with Gasteiger partial charge in [0.1, 0.15) is 11.4 Å². The molecule has 0 radical (unpaired) electrons. The number of fused-ring (bicyclic) bond motifs is 1. The lowest BCUT2D eigenvalue weighted by Gasteiger charge is -2.08. The van der Waals surface area contributed by atoms with Gasteiger partial charge in [-0.3, -0.25) is 20.4 Å². The molecule has 6 nitrogen and oxygen atoms in total. The normalized spacial score (nSPS) is 10.4. The molecule has 3 rings (SSSR count). The van der Waals surface area contributed by atoms with Crippen molar-refractivity contribution in [1.82, 2.24) is 15.8 Å². The smallest absolute Gasteiger partial charge is 0.288 e. The van der Waals surface area contributed by atoms with Crippen molar-refractivity contribution in [3.8, 4) is 5.75 Å². The molecule has 2 N–H and O–H groups in total. The third kappa shape index (κ3) is 5.43. The Morgan fingerprint density at radius 3 is 2.56 bits per heavy atom. The Bertz CT molecular complexity index is 945. The Labute approximate surface area is 161 Å². The Kier molecular flexibility index (Phi) is 6.22. The Morgan fingerprint density at radius 1 is 0.963 bits per heavy atom. The lowest BCUT2D eigenvalue weighted by Crippen LogP contribution is -2.41. The van der Waals surface area contributed by atoms with Crippen LogP contribution in [0.4, 0.5) is 0 Å². The number of pyridine rings is 1. The summed E-state index contributed by atoms with van der Waals surface area (Å²) in [6, 6.07) is 17.9. The van der Waals surface area contributed by atoms with Gasteiger partial charge >= 0.3 is 0 Å². The highest BCUT2D eigenvalue weighted by Crippen LogP contribution is 2.15. The molecular weight excluding hydrogens is 366 g/mol. The number of benzene rings is 2. The van der Waals surface area contributed by atoms with Gasteiger partial charge in [0.2, 0.25) is 5.91 Å². The van der Waals surface area contributed by atoms with Crippen LogP contribution in [0.3, 0.4) is 0 Å². The van der Waals surface area contributed by atoms with E-state index in [1.54, 1.807) is 30.3 Å². The molecule has 2 aromatic carbocycles. The maximum atomic E-state index is 12.1. The van der Waals surface area contributed by atoms with E-state index in [-0.39, 0.29) is 18.0 Å². The van der Waals surface area contributed by atoms with E-state index in [0.717, 1.165) is 10.9 Å². The second-order valence-corrected chi connectivity index (χ2v) is 6.23. The van der Waals surface area contributed by atoms with Gasteiger partial charge in [-0.15, -0.1) is 0 Å². The molecule has 0 atom stereocenters. The standard InChI is InChI=1S/C20H18ClN3O3/c21-15-8-10-16(11-9-15)27-13-3-6-19(25)23-24-20(26)18-12-7-14-4-1-2-5-17(14)22-18/h1-2,4-5,7-12H,3,6,13H2,(H,23,25)(H,24,26). The molecule has 0 spiro atoms. The zero-order valence-electron chi connectivity index (χ0n) is 14.4. The molecule has 0 fully saturated rings. The molecule has 1 heterocycles. The predicted molar refractivity (Wildman–Crippen MR) is 104 cm³/mol. The van der Waals surface area contributed by atoms with E-state index < -0.39 is 5.91 Å². The number of rotatable bonds is 6. The molecule has 27 heavy (non-hydrogen) atoms. The van der Waals surface area contributed by atoms with Gasteiger partial charge < -0.3 is 4.74 Å². The minimum Gasteiger partial charge on any atom is -0.494 e. The van der Waals surface area contributed by atoms with Crippen LogP contribution in [0, 0.1) is 0 Å². The van der Waals surface area contributed by atoms with Crippen molar-refractivity contribution in [3.05, 3.63) is 71.4 Å². The van der Waals surface area contributed by atoms with Crippen molar-refractivity contribution in [2.24, 2.45) is 0 Å². The molecule has 0 aliphatic heterocycles. The van der Waals surface area contributed by atoms with Gasteiger partial charge in [-0.25, -0.2) is 4.98 Å². The summed E-state index contributed by atoms with van der Waals surface area (Å²) in [5.74, 6) is -0.0779. The van der Waals surface area contributed by atoms with Gasteiger partial charge in [0, 0.05) is 16.8 Å². The summed E-state index contributed by atoms with van der Waals surface area (Å²) in [6.07, 6.45) is 0.734. The summed E-state index contributed by atoms with van der Waals surface area (Å²) in [7, 11) is 0. The van der Waals surface area contributed by atoms with Gasteiger partial charge in [-0.1, -0.05) is 35.9 Å². The number of carbonyl (C=O) groups is 2. The number of ether oxygens (including phenoxy) is 1. The molecule has 0 bridgehead atoms. The molecule has 0 aliphatic carbocycles. The highest BCUT2D eigenvalue weighted by atomic mass is 35.5. The Hall–Kier alpha value is -3.12. The lowest BCUT2D eigenvalue weighted by molar-refractivity contribution is -0.122. The van der Waals surface area contributed by atoms with Crippen LogP contribution in [0.15, 0.2) is 60.7 Å². The number of halogens is 1. The van der Waals surface area contributed by atoms with Crippen molar-refractivity contribution in [3.63, 3.8) is 0 Å². The fraction of sp³-hybridized carbons (Fsp3) is 0.150. The molecule has 0 saturated heterocycles. The zero-order chi connectivity index (χ0) is 19.1. The van der Waals surface area contributed by atoms with Crippen LogP contribution < -0.4 is 15.6 Å². The number of hydrazine groups is 1. The van der Waals surface area contributed by atoms with Crippen molar-refractivity contribution >= 4 is 34.3 Å². The second-order valence-electron chi connectivity index (χ2n) is 5.80. The first-order chi connectivity index (χ1) is 13.1. The predicted octanol–water partition coefficient (Wildman–Crippen LogP) is 3.51. The molecule has 2 amide bonds. The summed E-state index contributed by atoms with van der Waals surface area (Å²) in [6.45, 7) is 0.384. The lowest BCUT2D eigenvalue weighted by atomic mass is 10.2. The van der Waals surface area contributed by atoms with Crippen LogP contribution in [0.5, 0.6) is 5.75 Å². The monoisotopic (exact) mass is 383 g/mol. The van der Waals surface area contributed by atoms with Crippen LogP contribution in [0.2, 0.25) is 5.02 Å². The molecule has 1 aromatic heterocycles. The van der Waals surface area contributed by atoms with Crippen molar-refractivity contribution < 1.29 is 14.3 Å². The number of hydrogen-bond donors (Lipinski definition) is 2. The summed E-state index contributed by atoms with van der Waals surface area (Å²) >= 11 is 5.80. The summed E-state index contributed by atoms with van der Waals surface area (Å²) in [4.78, 5) is 28.2. The maximum absolute atomic E-state index is 12.1. The van der Waals surface area contributed by atoms with E-state index in [4.69, 9.17) is 16.3 Å². The van der Waals surface area contributed by atoms with E-state index in [1.165, 1.54) is 0 Å². The molecule has 7 heteroatoms. The first-order valence-corrected chi connectivity index (χ1v) is 8.83. The topological polar surface area (TPSA) is 80.3 Å². The zero-order valence-corrected chi connectivity index (χ0v) is 15.2. The third-order valence-electron chi connectivity index (χ3n) is 3.78. The minimum atomic E-state index is -0.466. The maximum Gasteiger partial charge on any atom is 0.288 e. The van der Waals surface area contributed by atoms with Crippen LogP contribution in [0.25, 0.3) is 10.9 Å². The second kappa shape index (κ2) is 9.00. The molecule has 0 aliphatic rings. The molecule has 0 unspecified atom stereocenters. The average Bonchev–Trinajstić information content (AvgIpc) is 2.70.